The maximum Gasteiger partial charge on any atom is 0.373 e. The highest BCUT2D eigenvalue weighted by Crippen LogP contribution is 2.25. The predicted octanol–water partition coefficient (Wildman–Crippen LogP) is -0.0604. The molecule has 1 saturated carbocycles. The van der Waals surface area contributed by atoms with Crippen molar-refractivity contribution in [3.63, 3.8) is 0 Å². The van der Waals surface area contributed by atoms with Crippen molar-refractivity contribution in [2.24, 2.45) is 5.92 Å². The number of rotatable bonds is 3. The van der Waals surface area contributed by atoms with E-state index in [1.54, 1.807) is 6.82 Å². The van der Waals surface area contributed by atoms with E-state index in [0.29, 0.717) is 6.42 Å². The summed E-state index contributed by atoms with van der Waals surface area (Å²) >= 11 is 0. The first kappa shape index (κ1) is 9.54. The Morgan fingerprint density at radius 3 is 2.67 bits per heavy atom. The maximum atomic E-state index is 10.5. The predicted molar refractivity (Wildman–Crippen MR) is 45.7 cm³/mol. The van der Waals surface area contributed by atoms with E-state index in [4.69, 9.17) is 10.1 Å². The summed E-state index contributed by atoms with van der Waals surface area (Å²) in [6, 6.07) is 0.172. The molecule has 0 unspecified atom stereocenters. The highest BCUT2D eigenvalue weighted by Gasteiger charge is 2.30. The largest absolute Gasteiger partial charge is 0.481 e. The van der Waals surface area contributed by atoms with Gasteiger partial charge in [-0.15, -0.1) is 0 Å². The first-order valence-corrected chi connectivity index (χ1v) is 4.26. The third-order valence-corrected chi connectivity index (χ3v) is 2.26. The van der Waals surface area contributed by atoms with Crippen molar-refractivity contribution in [2.75, 3.05) is 0 Å². The molecule has 0 aliphatic heterocycles. The van der Waals surface area contributed by atoms with Gasteiger partial charge in [-0.1, -0.05) is 0 Å². The van der Waals surface area contributed by atoms with Gasteiger partial charge in [0, 0.05) is 0 Å². The Kier molecular flexibility index (Phi) is 3.11. The van der Waals surface area contributed by atoms with E-state index in [1.807, 2.05) is 0 Å². The van der Waals surface area contributed by atoms with Gasteiger partial charge in [-0.3, -0.25) is 4.79 Å². The molecule has 0 aromatic carbocycles. The second-order valence-electron chi connectivity index (χ2n) is 3.39. The summed E-state index contributed by atoms with van der Waals surface area (Å²) in [6.45, 7) is 1.65. The van der Waals surface area contributed by atoms with Gasteiger partial charge in [0.1, 0.15) is 0 Å². The fraction of sp³-hybridized carbons (Fsp3) is 0.857. The van der Waals surface area contributed by atoms with Gasteiger partial charge in [-0.05, 0) is 32.1 Å². The molecular weight excluding hydrogens is 157 g/mol. The number of nitrogens with one attached hydrogen (secondary N) is 1. The topological polar surface area (TPSA) is 69.6 Å². The van der Waals surface area contributed by atoms with Crippen LogP contribution in [-0.2, 0) is 4.79 Å². The summed E-state index contributed by atoms with van der Waals surface area (Å²) in [5.74, 6) is -0.939. The number of hydrogen-bond acceptors (Lipinski definition) is 3. The summed E-state index contributed by atoms with van der Waals surface area (Å²) < 4.78 is 0. The van der Waals surface area contributed by atoms with Gasteiger partial charge >= 0.3 is 13.0 Å². The lowest BCUT2D eigenvalue weighted by Crippen LogP contribution is -2.38. The third-order valence-electron chi connectivity index (χ3n) is 2.26. The summed E-state index contributed by atoms with van der Waals surface area (Å²) in [4.78, 5) is 10.5. The molecule has 1 aliphatic carbocycles. The zero-order valence-corrected chi connectivity index (χ0v) is 7.16. The standard InChI is InChI=1S/C7H14BNO3/c1-8(12)9-6-3-2-5(4-6)7(10)11/h5-6,9,12H,2-4H2,1H3,(H,10,11)/t5-,6+/m0/s1. The van der Waals surface area contributed by atoms with Crippen LogP contribution in [0.4, 0.5) is 0 Å². The highest BCUT2D eigenvalue weighted by atomic mass is 16.4. The van der Waals surface area contributed by atoms with Gasteiger partial charge < -0.3 is 15.4 Å². The molecular formula is C7H14BNO3. The number of hydrogen-bond donors (Lipinski definition) is 3. The average molecular weight is 171 g/mol. The van der Waals surface area contributed by atoms with Gasteiger partial charge in [0.05, 0.1) is 5.92 Å². The summed E-state index contributed by atoms with van der Waals surface area (Å²) in [5, 5.41) is 20.6. The van der Waals surface area contributed by atoms with Crippen molar-refractivity contribution in [3.8, 4) is 0 Å². The van der Waals surface area contributed by atoms with E-state index in [0.717, 1.165) is 12.8 Å². The average Bonchev–Trinajstić information content (AvgIpc) is 2.34. The van der Waals surface area contributed by atoms with Crippen LogP contribution in [0.5, 0.6) is 0 Å². The number of carbonyl (C=O) groups is 1. The molecule has 0 radical (unpaired) electrons. The molecule has 1 aliphatic rings. The summed E-state index contributed by atoms with van der Waals surface area (Å²) in [7, 11) is -0.539. The molecule has 0 aromatic rings. The van der Waals surface area contributed by atoms with Crippen LogP contribution in [0.25, 0.3) is 0 Å². The Morgan fingerprint density at radius 1 is 1.58 bits per heavy atom. The third kappa shape index (κ3) is 2.50. The van der Waals surface area contributed by atoms with E-state index in [-0.39, 0.29) is 12.0 Å². The number of aliphatic carboxylic acids is 1. The van der Waals surface area contributed by atoms with Crippen molar-refractivity contribution in [1.29, 1.82) is 0 Å². The fourth-order valence-electron chi connectivity index (χ4n) is 1.70. The molecule has 0 aromatic heterocycles. The quantitative estimate of drug-likeness (QED) is 0.520. The molecule has 2 atom stereocenters. The molecule has 1 fully saturated rings. The van der Waals surface area contributed by atoms with Crippen LogP contribution in [0.3, 0.4) is 0 Å². The van der Waals surface area contributed by atoms with Crippen molar-refractivity contribution in [2.45, 2.75) is 32.1 Å². The zero-order chi connectivity index (χ0) is 9.14. The van der Waals surface area contributed by atoms with Crippen LogP contribution in [-0.4, -0.2) is 29.2 Å². The molecule has 5 heteroatoms. The van der Waals surface area contributed by atoms with Gasteiger partial charge in [0.25, 0.3) is 0 Å². The summed E-state index contributed by atoms with van der Waals surface area (Å²) in [6.07, 6.45) is 2.21. The zero-order valence-electron chi connectivity index (χ0n) is 7.16. The molecule has 1 rings (SSSR count). The number of carboxylic acid groups (broad SMARTS) is 1. The van der Waals surface area contributed by atoms with Gasteiger partial charge in [0.2, 0.25) is 0 Å². The van der Waals surface area contributed by atoms with E-state index >= 15 is 0 Å². The van der Waals surface area contributed by atoms with E-state index < -0.39 is 13.0 Å². The minimum atomic E-state index is -0.718. The fourth-order valence-corrected chi connectivity index (χ4v) is 1.70. The molecule has 3 N–H and O–H groups in total. The summed E-state index contributed by atoms with van der Waals surface area (Å²) in [5.41, 5.74) is 0. The molecule has 12 heavy (non-hydrogen) atoms. The van der Waals surface area contributed by atoms with Crippen molar-refractivity contribution < 1.29 is 14.9 Å². The first-order chi connectivity index (χ1) is 5.59. The van der Waals surface area contributed by atoms with Crippen molar-refractivity contribution >= 4 is 13.0 Å². The molecule has 68 valence electrons. The first-order valence-electron chi connectivity index (χ1n) is 4.26. The van der Waals surface area contributed by atoms with Crippen LogP contribution in [0, 0.1) is 5.92 Å². The monoisotopic (exact) mass is 171 g/mol. The van der Waals surface area contributed by atoms with Crippen molar-refractivity contribution in [1.82, 2.24) is 5.23 Å². The van der Waals surface area contributed by atoms with Crippen LogP contribution in [0.15, 0.2) is 0 Å². The minimum absolute atomic E-state index is 0.172. The molecule has 0 heterocycles. The van der Waals surface area contributed by atoms with Crippen molar-refractivity contribution in [3.05, 3.63) is 0 Å². The second-order valence-corrected chi connectivity index (χ2v) is 3.39. The Bertz CT molecular complexity index is 174. The lowest BCUT2D eigenvalue weighted by molar-refractivity contribution is -0.141. The van der Waals surface area contributed by atoms with Crippen LogP contribution >= 0.6 is 0 Å². The Labute approximate surface area is 72.1 Å². The van der Waals surface area contributed by atoms with Gasteiger partial charge in [-0.2, -0.15) is 0 Å². The smallest absolute Gasteiger partial charge is 0.373 e. The SMILES string of the molecule is CB(O)N[C@@H]1CC[C@H](C(=O)O)C1. The van der Waals surface area contributed by atoms with Crippen LogP contribution in [0.2, 0.25) is 6.82 Å². The van der Waals surface area contributed by atoms with E-state index in [2.05, 4.69) is 5.23 Å². The van der Waals surface area contributed by atoms with E-state index in [1.165, 1.54) is 0 Å². The normalized spacial score (nSPS) is 28.8. The Hall–Kier alpha value is -0.545. The highest BCUT2D eigenvalue weighted by molar-refractivity contribution is 6.45. The van der Waals surface area contributed by atoms with E-state index in [9.17, 15) is 4.79 Å². The molecule has 4 nitrogen and oxygen atoms in total. The molecule has 0 spiro atoms. The second kappa shape index (κ2) is 3.91. The molecule has 0 saturated heterocycles. The Morgan fingerprint density at radius 2 is 2.25 bits per heavy atom. The van der Waals surface area contributed by atoms with Gasteiger partial charge in [-0.25, -0.2) is 0 Å². The van der Waals surface area contributed by atoms with Crippen LogP contribution < -0.4 is 5.23 Å². The molecule has 0 bridgehead atoms. The lowest BCUT2D eigenvalue weighted by atomic mass is 9.87. The van der Waals surface area contributed by atoms with Gasteiger partial charge in [0.15, 0.2) is 0 Å². The Balaban J connectivity index is 2.30. The minimum Gasteiger partial charge on any atom is -0.481 e. The maximum absolute atomic E-state index is 10.5. The lowest BCUT2D eigenvalue weighted by Gasteiger charge is -2.11. The van der Waals surface area contributed by atoms with Crippen LogP contribution in [0.1, 0.15) is 19.3 Å². The number of carboxylic acids is 1. The molecule has 0 amide bonds.